The maximum Gasteiger partial charge on any atom is 0.303 e. The number of alkyl halides is 2. The molecular weight excluding hydrogens is 457 g/mol. The fourth-order valence-corrected chi connectivity index (χ4v) is 4.94. The summed E-state index contributed by atoms with van der Waals surface area (Å²) in [6.07, 6.45) is 1.62. The number of anilines is 2. The van der Waals surface area contributed by atoms with E-state index in [0.29, 0.717) is 22.5 Å². The number of halogens is 3. The maximum absolute atomic E-state index is 15.3. The van der Waals surface area contributed by atoms with E-state index in [-0.39, 0.29) is 11.5 Å². The molecule has 2 aliphatic rings. The summed E-state index contributed by atoms with van der Waals surface area (Å²) in [5.74, 6) is -3.91. The van der Waals surface area contributed by atoms with Gasteiger partial charge in [-0.25, -0.2) is 14.4 Å². The van der Waals surface area contributed by atoms with Gasteiger partial charge in [0, 0.05) is 23.7 Å². The Morgan fingerprint density at radius 1 is 1.20 bits per heavy atom. The van der Waals surface area contributed by atoms with E-state index in [9.17, 15) is 18.7 Å². The molecule has 2 aromatic carbocycles. The van der Waals surface area contributed by atoms with Crippen LogP contribution in [-0.4, -0.2) is 33.6 Å². The van der Waals surface area contributed by atoms with Crippen molar-refractivity contribution in [2.75, 3.05) is 17.3 Å². The van der Waals surface area contributed by atoms with Gasteiger partial charge in [0.2, 0.25) is 5.91 Å². The molecule has 184 valence electrons. The molecule has 0 saturated heterocycles. The minimum atomic E-state index is -3.79. The number of hydrogen-bond acceptors (Lipinski definition) is 5. The van der Waals surface area contributed by atoms with Crippen molar-refractivity contribution in [3.8, 4) is 0 Å². The standard InChI is InChI=1S/C26H27F3N4O2/c1-13(15-7-6-8-17(21(15)27)26(28,29)24(3,4)35)30-22-16-11-20-18(12-19(16)31-14(2)32-22)25(9-10-25)23(34)33(20)5/h6-8,11-13,35H,9-10H2,1-5H3,(H,30,31,32)/t13-/m1/s1. The summed E-state index contributed by atoms with van der Waals surface area (Å²) in [5, 5.41) is 13.7. The highest BCUT2D eigenvalue weighted by Gasteiger charge is 2.58. The molecule has 1 atom stereocenters. The van der Waals surface area contributed by atoms with Crippen LogP contribution < -0.4 is 10.2 Å². The number of aryl methyl sites for hydroxylation is 1. The smallest absolute Gasteiger partial charge is 0.303 e. The first kappa shape index (κ1) is 23.5. The number of nitrogens with zero attached hydrogens (tertiary/aromatic N) is 3. The van der Waals surface area contributed by atoms with Gasteiger partial charge in [-0.2, -0.15) is 8.78 Å². The summed E-state index contributed by atoms with van der Waals surface area (Å²) in [6.45, 7) is 5.28. The van der Waals surface area contributed by atoms with Gasteiger partial charge in [0.25, 0.3) is 0 Å². The highest BCUT2D eigenvalue weighted by Crippen LogP contribution is 2.57. The second-order valence-corrected chi connectivity index (χ2v) is 10.2. The Hall–Kier alpha value is -3.20. The molecule has 35 heavy (non-hydrogen) atoms. The van der Waals surface area contributed by atoms with Crippen molar-refractivity contribution in [2.45, 2.75) is 63.5 Å². The number of nitrogens with one attached hydrogen (secondary N) is 1. The van der Waals surface area contributed by atoms with Crippen LogP contribution >= 0.6 is 0 Å². The van der Waals surface area contributed by atoms with Crippen molar-refractivity contribution >= 4 is 28.3 Å². The molecule has 1 spiro atoms. The quantitative estimate of drug-likeness (QED) is 0.526. The Morgan fingerprint density at radius 3 is 2.51 bits per heavy atom. The van der Waals surface area contributed by atoms with Gasteiger partial charge in [-0.15, -0.1) is 0 Å². The number of carbonyl (C=O) groups is 1. The number of fused-ring (bicyclic) bond motifs is 3. The van der Waals surface area contributed by atoms with Crippen LogP contribution in [0.25, 0.3) is 10.9 Å². The zero-order chi connectivity index (χ0) is 25.5. The van der Waals surface area contributed by atoms with Gasteiger partial charge in [-0.05, 0) is 64.3 Å². The summed E-state index contributed by atoms with van der Waals surface area (Å²) in [4.78, 5) is 23.5. The van der Waals surface area contributed by atoms with Gasteiger partial charge >= 0.3 is 5.92 Å². The van der Waals surface area contributed by atoms with Gasteiger partial charge in [0.1, 0.15) is 23.1 Å². The lowest BCUT2D eigenvalue weighted by molar-refractivity contribution is -0.170. The molecule has 2 heterocycles. The highest BCUT2D eigenvalue weighted by molar-refractivity contribution is 6.12. The predicted molar refractivity (Wildman–Crippen MR) is 127 cm³/mol. The first-order valence-electron chi connectivity index (χ1n) is 11.5. The van der Waals surface area contributed by atoms with Gasteiger partial charge < -0.3 is 15.3 Å². The summed E-state index contributed by atoms with van der Waals surface area (Å²) in [5.41, 5.74) is -1.33. The number of carbonyl (C=O) groups excluding carboxylic acids is 1. The van der Waals surface area contributed by atoms with Crippen molar-refractivity contribution < 1.29 is 23.1 Å². The van der Waals surface area contributed by atoms with Gasteiger partial charge in [-0.1, -0.05) is 12.1 Å². The molecule has 1 amide bonds. The molecule has 0 radical (unpaired) electrons. The minimum Gasteiger partial charge on any atom is -0.384 e. The van der Waals surface area contributed by atoms with Crippen molar-refractivity contribution in [2.24, 2.45) is 0 Å². The maximum atomic E-state index is 15.3. The zero-order valence-corrected chi connectivity index (χ0v) is 20.2. The van der Waals surface area contributed by atoms with E-state index >= 15 is 4.39 Å². The normalized spacial score (nSPS) is 17.7. The third-order valence-corrected chi connectivity index (χ3v) is 7.22. The van der Waals surface area contributed by atoms with Crippen LogP contribution in [0.3, 0.4) is 0 Å². The lowest BCUT2D eigenvalue weighted by Gasteiger charge is -2.30. The Labute approximate surface area is 201 Å². The average Bonchev–Trinajstić information content (AvgIpc) is 3.55. The Kier molecular flexibility index (Phi) is 4.98. The van der Waals surface area contributed by atoms with E-state index in [2.05, 4.69) is 15.3 Å². The van der Waals surface area contributed by atoms with Crippen molar-refractivity contribution in [1.82, 2.24) is 9.97 Å². The van der Waals surface area contributed by atoms with E-state index in [0.717, 1.165) is 44.0 Å². The van der Waals surface area contributed by atoms with E-state index in [1.165, 1.54) is 12.1 Å². The lowest BCUT2D eigenvalue weighted by atomic mass is 9.91. The van der Waals surface area contributed by atoms with Crippen molar-refractivity contribution in [1.29, 1.82) is 0 Å². The Bertz CT molecular complexity index is 1380. The first-order valence-corrected chi connectivity index (χ1v) is 11.5. The molecule has 3 aromatic rings. The van der Waals surface area contributed by atoms with E-state index in [1.807, 2.05) is 12.1 Å². The second-order valence-electron chi connectivity index (χ2n) is 10.2. The molecule has 1 fully saturated rings. The monoisotopic (exact) mass is 484 g/mol. The van der Waals surface area contributed by atoms with Crippen LogP contribution in [0.5, 0.6) is 0 Å². The van der Waals surface area contributed by atoms with Crippen LogP contribution in [0.15, 0.2) is 30.3 Å². The number of rotatable bonds is 5. The third-order valence-electron chi connectivity index (χ3n) is 7.22. The molecule has 9 heteroatoms. The molecule has 1 aliphatic heterocycles. The summed E-state index contributed by atoms with van der Waals surface area (Å²) in [6, 6.07) is 6.81. The molecule has 0 bridgehead atoms. The Balaban J connectivity index is 1.56. The average molecular weight is 485 g/mol. The number of likely N-dealkylation sites (N-methyl/N-ethyl adjacent to an activating group) is 1. The molecule has 6 nitrogen and oxygen atoms in total. The number of amides is 1. The van der Waals surface area contributed by atoms with Crippen LogP contribution in [0.4, 0.5) is 24.7 Å². The number of aliphatic hydroxyl groups is 1. The van der Waals surface area contributed by atoms with E-state index < -0.39 is 34.4 Å². The molecule has 0 unspecified atom stereocenters. The topological polar surface area (TPSA) is 78.4 Å². The lowest BCUT2D eigenvalue weighted by Crippen LogP contribution is -2.41. The van der Waals surface area contributed by atoms with Crippen LogP contribution in [-0.2, 0) is 16.1 Å². The number of aromatic nitrogens is 2. The largest absolute Gasteiger partial charge is 0.384 e. The molecule has 2 N–H and O–H groups in total. The zero-order valence-electron chi connectivity index (χ0n) is 20.2. The summed E-state index contributed by atoms with van der Waals surface area (Å²) < 4.78 is 44.8. The fourth-order valence-electron chi connectivity index (χ4n) is 4.94. The first-order chi connectivity index (χ1) is 16.3. The second kappa shape index (κ2) is 7.40. The van der Waals surface area contributed by atoms with Gasteiger partial charge in [-0.3, -0.25) is 4.79 Å². The molecule has 1 aliphatic carbocycles. The summed E-state index contributed by atoms with van der Waals surface area (Å²) in [7, 11) is 1.74. The third kappa shape index (κ3) is 3.39. The molecule has 1 aromatic heterocycles. The molecule has 1 saturated carbocycles. The van der Waals surface area contributed by atoms with Crippen LogP contribution in [0, 0.1) is 12.7 Å². The highest BCUT2D eigenvalue weighted by atomic mass is 19.3. The number of benzene rings is 2. The van der Waals surface area contributed by atoms with Gasteiger partial charge in [0.15, 0.2) is 0 Å². The van der Waals surface area contributed by atoms with Gasteiger partial charge in [0.05, 0.1) is 22.5 Å². The minimum absolute atomic E-state index is 0.0150. The predicted octanol–water partition coefficient (Wildman–Crippen LogP) is 5.12. The molecular formula is C26H27F3N4O2. The van der Waals surface area contributed by atoms with E-state index in [1.54, 1.807) is 25.8 Å². The fraction of sp³-hybridized carbons (Fsp3) is 0.423. The Morgan fingerprint density at radius 2 is 1.89 bits per heavy atom. The van der Waals surface area contributed by atoms with Crippen molar-refractivity contribution in [3.05, 3.63) is 58.7 Å². The number of hydrogen-bond donors (Lipinski definition) is 2. The van der Waals surface area contributed by atoms with Crippen LogP contribution in [0.1, 0.15) is 62.2 Å². The van der Waals surface area contributed by atoms with Crippen LogP contribution in [0.2, 0.25) is 0 Å². The van der Waals surface area contributed by atoms with E-state index in [4.69, 9.17) is 0 Å². The molecule has 5 rings (SSSR count). The summed E-state index contributed by atoms with van der Waals surface area (Å²) >= 11 is 0. The van der Waals surface area contributed by atoms with Crippen molar-refractivity contribution in [3.63, 3.8) is 0 Å². The SMILES string of the molecule is Cc1nc(N[C@H](C)c2cccc(C(F)(F)C(C)(C)O)c2F)c2cc3c(cc2n1)C1(CC1)C(=O)N3C.